The quantitative estimate of drug-likeness (QED) is 0.470. The van der Waals surface area contributed by atoms with Crippen molar-refractivity contribution < 1.29 is 20.4 Å². The van der Waals surface area contributed by atoms with E-state index in [0.717, 1.165) is 0 Å². The van der Waals surface area contributed by atoms with Crippen molar-refractivity contribution in [3.05, 3.63) is 42.5 Å². The topological polar surface area (TPSA) is 80.9 Å². The van der Waals surface area contributed by atoms with Crippen molar-refractivity contribution in [1.29, 1.82) is 0 Å². The summed E-state index contributed by atoms with van der Waals surface area (Å²) in [5.74, 6) is -0.652. The van der Waals surface area contributed by atoms with Crippen LogP contribution >= 0.6 is 0 Å². The summed E-state index contributed by atoms with van der Waals surface area (Å²) in [6.45, 7) is 5.33. The van der Waals surface area contributed by atoms with E-state index < -0.39 is 12.2 Å². The average Bonchev–Trinajstić information content (AvgIpc) is 2.31. The third kappa shape index (κ3) is 2.87. The Labute approximate surface area is 99.8 Å². The molecule has 0 aliphatic rings. The van der Waals surface area contributed by atoms with Gasteiger partial charge in [0.15, 0.2) is 11.5 Å². The molecule has 17 heavy (non-hydrogen) atoms. The van der Waals surface area contributed by atoms with Crippen LogP contribution in [0.3, 0.4) is 0 Å². The van der Waals surface area contributed by atoms with Crippen molar-refractivity contribution >= 4 is 5.57 Å². The molecule has 0 saturated carbocycles. The maximum Gasteiger partial charge on any atom is 0.165 e. The third-order valence-corrected chi connectivity index (χ3v) is 2.43. The summed E-state index contributed by atoms with van der Waals surface area (Å²) in [5, 5.41) is 38.3. The molecule has 0 heterocycles. The van der Waals surface area contributed by atoms with Crippen LogP contribution in [-0.4, -0.2) is 32.6 Å². The summed E-state index contributed by atoms with van der Waals surface area (Å²) in [6, 6.07) is 4.34. The maximum absolute atomic E-state index is 9.79. The average molecular weight is 236 g/mol. The summed E-state index contributed by atoms with van der Waals surface area (Å²) in [6.07, 6.45) is 0.673. The van der Waals surface area contributed by atoms with E-state index in [2.05, 4.69) is 6.58 Å². The number of benzene rings is 1. The number of aliphatic hydroxyl groups excluding tert-OH is 2. The van der Waals surface area contributed by atoms with Crippen LogP contribution in [0.1, 0.15) is 12.5 Å². The fourth-order valence-corrected chi connectivity index (χ4v) is 1.46. The third-order valence-electron chi connectivity index (χ3n) is 2.43. The first kappa shape index (κ1) is 13.3. The van der Waals surface area contributed by atoms with Crippen molar-refractivity contribution in [3.8, 4) is 11.5 Å². The monoisotopic (exact) mass is 236 g/mol. The van der Waals surface area contributed by atoms with Crippen LogP contribution in [0, 0.1) is 0 Å². The number of para-hydroxylation sites is 1. The number of hydrogen-bond acceptors (Lipinski definition) is 4. The highest BCUT2D eigenvalue weighted by molar-refractivity contribution is 5.73. The van der Waals surface area contributed by atoms with Crippen molar-refractivity contribution in [2.75, 3.05) is 0 Å². The highest BCUT2D eigenvalue weighted by Gasteiger charge is 2.20. The lowest BCUT2D eigenvalue weighted by atomic mass is 9.97. The Morgan fingerprint density at radius 2 is 1.94 bits per heavy atom. The van der Waals surface area contributed by atoms with E-state index in [1.807, 2.05) is 0 Å². The number of aliphatic hydroxyl groups is 2. The number of allylic oxidation sites excluding steroid dienone is 1. The molecule has 1 aromatic carbocycles. The Morgan fingerprint density at radius 1 is 1.29 bits per heavy atom. The molecule has 0 spiro atoms. The predicted octanol–water partition coefficient (Wildman–Crippen LogP) is 1.41. The molecule has 0 saturated heterocycles. The van der Waals surface area contributed by atoms with Crippen LogP contribution < -0.4 is 0 Å². The van der Waals surface area contributed by atoms with E-state index in [4.69, 9.17) is 0 Å². The SMILES string of the molecule is C=C(c1cccc(O)c1O)C(O)C(O)/C=C\C. The number of phenols is 2. The minimum atomic E-state index is -1.24. The Balaban J connectivity index is 3.00. The summed E-state index contributed by atoms with van der Waals surface area (Å²) in [5.41, 5.74) is 0.352. The molecule has 2 unspecified atom stereocenters. The molecular weight excluding hydrogens is 220 g/mol. The summed E-state index contributed by atoms with van der Waals surface area (Å²) >= 11 is 0. The fraction of sp³-hybridized carbons (Fsp3) is 0.231. The molecule has 0 radical (unpaired) electrons. The normalized spacial score (nSPS) is 14.8. The Bertz CT molecular complexity index is 437. The van der Waals surface area contributed by atoms with Gasteiger partial charge in [0.25, 0.3) is 0 Å². The second kappa shape index (κ2) is 5.52. The first-order valence-electron chi connectivity index (χ1n) is 5.18. The summed E-state index contributed by atoms with van der Waals surface area (Å²) < 4.78 is 0. The first-order chi connectivity index (χ1) is 7.99. The molecule has 4 nitrogen and oxygen atoms in total. The Hall–Kier alpha value is -1.78. The zero-order valence-electron chi connectivity index (χ0n) is 9.54. The van der Waals surface area contributed by atoms with E-state index in [1.165, 1.54) is 24.3 Å². The highest BCUT2D eigenvalue weighted by Crippen LogP contribution is 2.34. The van der Waals surface area contributed by atoms with Crippen LogP contribution in [0.2, 0.25) is 0 Å². The predicted molar refractivity (Wildman–Crippen MR) is 65.6 cm³/mol. The molecule has 0 amide bonds. The van der Waals surface area contributed by atoms with Crippen LogP contribution in [-0.2, 0) is 0 Å². The molecule has 0 aliphatic heterocycles. The summed E-state index contributed by atoms with van der Waals surface area (Å²) in [7, 11) is 0. The second-order valence-corrected chi connectivity index (χ2v) is 3.66. The fourth-order valence-electron chi connectivity index (χ4n) is 1.46. The lowest BCUT2D eigenvalue weighted by molar-refractivity contribution is 0.0871. The van der Waals surface area contributed by atoms with Crippen molar-refractivity contribution in [1.82, 2.24) is 0 Å². The van der Waals surface area contributed by atoms with Gasteiger partial charge < -0.3 is 20.4 Å². The summed E-state index contributed by atoms with van der Waals surface area (Å²) in [4.78, 5) is 0. The molecule has 1 aromatic rings. The molecule has 0 aliphatic carbocycles. The van der Waals surface area contributed by atoms with E-state index in [0.29, 0.717) is 0 Å². The maximum atomic E-state index is 9.79. The van der Waals surface area contributed by atoms with Gasteiger partial charge in [-0.25, -0.2) is 0 Å². The van der Waals surface area contributed by atoms with Crippen LogP contribution in [0.25, 0.3) is 5.57 Å². The van der Waals surface area contributed by atoms with Gasteiger partial charge >= 0.3 is 0 Å². The molecular formula is C13H16O4. The molecule has 4 heteroatoms. The van der Waals surface area contributed by atoms with E-state index >= 15 is 0 Å². The number of rotatable bonds is 4. The lowest BCUT2D eigenvalue weighted by Gasteiger charge is -2.18. The smallest absolute Gasteiger partial charge is 0.165 e. The van der Waals surface area contributed by atoms with Gasteiger partial charge in [-0.05, 0) is 18.6 Å². The van der Waals surface area contributed by atoms with Gasteiger partial charge in [-0.3, -0.25) is 0 Å². The lowest BCUT2D eigenvalue weighted by Crippen LogP contribution is -2.24. The molecule has 0 fully saturated rings. The largest absolute Gasteiger partial charge is 0.504 e. The molecule has 4 N–H and O–H groups in total. The highest BCUT2D eigenvalue weighted by atomic mass is 16.3. The molecule has 1 rings (SSSR count). The van der Waals surface area contributed by atoms with Gasteiger partial charge in [0.05, 0.1) is 0 Å². The van der Waals surface area contributed by atoms with Crippen molar-refractivity contribution in [2.24, 2.45) is 0 Å². The Morgan fingerprint density at radius 3 is 2.53 bits per heavy atom. The first-order valence-corrected chi connectivity index (χ1v) is 5.18. The van der Waals surface area contributed by atoms with Gasteiger partial charge in [-0.1, -0.05) is 30.9 Å². The number of hydrogen-bond donors (Lipinski definition) is 4. The second-order valence-electron chi connectivity index (χ2n) is 3.66. The van der Waals surface area contributed by atoms with Crippen LogP contribution in [0.5, 0.6) is 11.5 Å². The van der Waals surface area contributed by atoms with E-state index in [1.54, 1.807) is 13.0 Å². The van der Waals surface area contributed by atoms with Gasteiger partial charge in [-0.2, -0.15) is 0 Å². The number of phenolic OH excluding ortho intramolecular Hbond substituents is 2. The molecule has 0 bridgehead atoms. The van der Waals surface area contributed by atoms with Gasteiger partial charge in [0, 0.05) is 5.56 Å². The molecule has 0 aromatic heterocycles. The zero-order chi connectivity index (χ0) is 13.0. The zero-order valence-corrected chi connectivity index (χ0v) is 9.54. The molecule has 92 valence electrons. The minimum Gasteiger partial charge on any atom is -0.504 e. The van der Waals surface area contributed by atoms with Crippen molar-refractivity contribution in [2.45, 2.75) is 19.1 Å². The van der Waals surface area contributed by atoms with Crippen LogP contribution in [0.15, 0.2) is 36.9 Å². The van der Waals surface area contributed by atoms with Crippen molar-refractivity contribution in [3.63, 3.8) is 0 Å². The minimum absolute atomic E-state index is 0.143. The Kier molecular flexibility index (Phi) is 4.31. The van der Waals surface area contributed by atoms with Gasteiger partial charge in [0.1, 0.15) is 12.2 Å². The van der Waals surface area contributed by atoms with Crippen LogP contribution in [0.4, 0.5) is 0 Å². The van der Waals surface area contributed by atoms with E-state index in [9.17, 15) is 20.4 Å². The van der Waals surface area contributed by atoms with Gasteiger partial charge in [0.2, 0.25) is 0 Å². The standard InChI is InChI=1S/C13H16O4/c1-3-5-10(14)12(16)8(2)9-6-4-7-11(15)13(9)17/h3-7,10,12,14-17H,2H2,1H3/b5-3-. The van der Waals surface area contributed by atoms with Gasteiger partial charge in [-0.15, -0.1) is 0 Å². The molecule has 2 atom stereocenters. The number of aromatic hydroxyl groups is 2. The van der Waals surface area contributed by atoms with E-state index in [-0.39, 0.29) is 22.6 Å².